The molecule has 1 fully saturated rings. The Labute approximate surface area is 194 Å². The zero-order chi connectivity index (χ0) is 24.5. The zero-order valence-electron chi connectivity index (χ0n) is 18.6. The monoisotopic (exact) mass is 475 g/mol. The molecule has 4 rings (SSSR count). The lowest BCUT2D eigenvalue weighted by molar-refractivity contribution is -0.140. The van der Waals surface area contributed by atoms with E-state index in [2.05, 4.69) is 20.2 Å². The number of hydrogen-bond donors (Lipinski definition) is 2. The van der Waals surface area contributed by atoms with E-state index in [1.165, 1.54) is 12.4 Å². The lowest BCUT2D eigenvalue weighted by atomic mass is 9.95. The molecule has 3 N–H and O–H groups in total. The van der Waals surface area contributed by atoms with Crippen molar-refractivity contribution in [1.29, 1.82) is 0 Å². The van der Waals surface area contributed by atoms with Gasteiger partial charge in [-0.05, 0) is 63.0 Å². The highest BCUT2D eigenvalue weighted by atomic mass is 19.4. The number of halogens is 4. The molecule has 2 heterocycles. The number of rotatable bonds is 6. The fourth-order valence-electron chi connectivity index (χ4n) is 4.11. The molecule has 1 unspecified atom stereocenters. The summed E-state index contributed by atoms with van der Waals surface area (Å²) in [6.07, 6.45) is 2.13. The predicted molar refractivity (Wildman–Crippen MR) is 120 cm³/mol. The second-order valence-electron chi connectivity index (χ2n) is 8.60. The Morgan fingerprint density at radius 3 is 2.62 bits per heavy atom. The number of hydrogen-bond acceptors (Lipinski definition) is 5. The van der Waals surface area contributed by atoms with Gasteiger partial charge in [-0.15, -0.1) is 0 Å². The molecule has 34 heavy (non-hydrogen) atoms. The van der Waals surface area contributed by atoms with Crippen molar-refractivity contribution in [3.8, 4) is 0 Å². The van der Waals surface area contributed by atoms with Crippen LogP contribution >= 0.6 is 0 Å². The third kappa shape index (κ3) is 5.11. The van der Waals surface area contributed by atoms with E-state index >= 15 is 0 Å². The Morgan fingerprint density at radius 1 is 1.21 bits per heavy atom. The molecule has 2 aliphatic rings. The highest BCUT2D eigenvalue weighted by Crippen LogP contribution is 2.35. The van der Waals surface area contributed by atoms with Crippen molar-refractivity contribution in [2.75, 3.05) is 25.0 Å². The lowest BCUT2D eigenvalue weighted by Crippen LogP contribution is -2.41. The Balaban J connectivity index is 1.75. The second-order valence-corrected chi connectivity index (χ2v) is 8.60. The van der Waals surface area contributed by atoms with Crippen molar-refractivity contribution >= 4 is 17.3 Å². The number of likely N-dealkylation sites (tertiary alicyclic amines) is 1. The number of benzene rings is 1. The number of alkyl halides is 3. The van der Waals surface area contributed by atoms with E-state index in [9.17, 15) is 22.4 Å². The summed E-state index contributed by atoms with van der Waals surface area (Å²) in [6.45, 7) is 4.00. The van der Waals surface area contributed by atoms with Gasteiger partial charge in [0.25, 0.3) is 5.91 Å². The normalized spacial score (nSPS) is 17.4. The Kier molecular flexibility index (Phi) is 6.70. The first-order valence-electron chi connectivity index (χ1n) is 11.0. The summed E-state index contributed by atoms with van der Waals surface area (Å²) in [5.74, 6) is -1.54. The molecule has 6 nitrogen and oxygen atoms in total. The van der Waals surface area contributed by atoms with Crippen LogP contribution in [-0.4, -0.2) is 40.4 Å². The van der Waals surface area contributed by atoms with E-state index in [0.717, 1.165) is 37.2 Å². The number of nitrogens with zero attached hydrogens (tertiary/aromatic N) is 3. The first-order chi connectivity index (χ1) is 16.1. The number of carbonyl (C=O) groups excluding carboxylic acids is 1. The zero-order valence-corrected chi connectivity index (χ0v) is 18.6. The largest absolute Gasteiger partial charge is 0.419 e. The molecule has 0 saturated carbocycles. The Morgan fingerprint density at radius 2 is 1.97 bits per heavy atom. The minimum absolute atomic E-state index is 0.236. The van der Waals surface area contributed by atoms with Crippen LogP contribution < -0.4 is 11.1 Å². The number of nitrogens with two attached hydrogens (primary N) is 1. The second kappa shape index (κ2) is 9.54. The molecular weight excluding hydrogens is 450 g/mol. The lowest BCUT2D eigenvalue weighted by Gasteiger charge is -2.35. The fourth-order valence-corrected chi connectivity index (χ4v) is 4.11. The smallest absolute Gasteiger partial charge is 0.366 e. The molecule has 2 aromatic rings. The van der Waals surface area contributed by atoms with Crippen LogP contribution in [0, 0.1) is 5.82 Å². The number of allylic oxidation sites excluding steroid dienone is 3. The van der Waals surface area contributed by atoms with Crippen LogP contribution in [-0.2, 0) is 17.4 Å². The number of amides is 1. The quantitative estimate of drug-likeness (QED) is 0.611. The van der Waals surface area contributed by atoms with E-state index in [1.807, 2.05) is 13.0 Å². The van der Waals surface area contributed by atoms with Crippen LogP contribution in [0.25, 0.3) is 5.57 Å². The van der Waals surface area contributed by atoms with Gasteiger partial charge in [-0.3, -0.25) is 4.79 Å². The maximum Gasteiger partial charge on any atom is 0.419 e. The van der Waals surface area contributed by atoms with Gasteiger partial charge in [-0.2, -0.15) is 13.2 Å². The standard InChI is InChI=1S/C24H25F4N5O/c1-14-3-6-16(22(29)34)21-17(7-4-14)23(31-13-30-21)32-20(12-33-9-2-10-33)15-5-8-19(25)18(11-15)24(26,27)28/h3,5-6,8,11,13,20H,2,4,7,9-10,12H2,1H3,(H2,29,34)(H,30,31,32). The van der Waals surface area contributed by atoms with Crippen molar-refractivity contribution in [3.05, 3.63) is 70.5 Å². The van der Waals surface area contributed by atoms with Crippen molar-refractivity contribution in [3.63, 3.8) is 0 Å². The number of primary amides is 1. The van der Waals surface area contributed by atoms with Gasteiger partial charge in [-0.25, -0.2) is 14.4 Å². The van der Waals surface area contributed by atoms with Gasteiger partial charge >= 0.3 is 6.18 Å². The van der Waals surface area contributed by atoms with Crippen molar-refractivity contribution in [1.82, 2.24) is 14.9 Å². The molecule has 10 heteroatoms. The van der Waals surface area contributed by atoms with Gasteiger partial charge in [0.05, 0.1) is 22.9 Å². The Hall–Kier alpha value is -3.27. The fraction of sp³-hybridized carbons (Fsp3) is 0.375. The maximum absolute atomic E-state index is 13.9. The summed E-state index contributed by atoms with van der Waals surface area (Å²) < 4.78 is 54.1. The van der Waals surface area contributed by atoms with E-state index < -0.39 is 29.5 Å². The number of anilines is 1. The van der Waals surface area contributed by atoms with Gasteiger partial charge in [0.2, 0.25) is 0 Å². The summed E-state index contributed by atoms with van der Waals surface area (Å²) in [7, 11) is 0. The molecule has 0 spiro atoms. The van der Waals surface area contributed by atoms with Crippen molar-refractivity contribution < 1.29 is 22.4 Å². The van der Waals surface area contributed by atoms with E-state index in [1.54, 1.807) is 6.08 Å². The topological polar surface area (TPSA) is 84.1 Å². The van der Waals surface area contributed by atoms with Gasteiger partial charge in [0, 0.05) is 12.1 Å². The van der Waals surface area contributed by atoms with Gasteiger partial charge in [0.15, 0.2) is 0 Å². The van der Waals surface area contributed by atoms with Crippen LogP contribution in [0.2, 0.25) is 0 Å². The molecule has 0 bridgehead atoms. The molecule has 1 aromatic heterocycles. The Bertz CT molecular complexity index is 1150. The number of aromatic nitrogens is 2. The highest BCUT2D eigenvalue weighted by molar-refractivity contribution is 6.19. The van der Waals surface area contributed by atoms with E-state index in [0.29, 0.717) is 42.0 Å². The van der Waals surface area contributed by atoms with Crippen LogP contribution in [0.4, 0.5) is 23.4 Å². The minimum atomic E-state index is -4.81. The number of carbonyl (C=O) groups is 1. The summed E-state index contributed by atoms with van der Waals surface area (Å²) in [5.41, 5.74) is 6.89. The van der Waals surface area contributed by atoms with Crippen LogP contribution in [0.15, 0.2) is 42.3 Å². The van der Waals surface area contributed by atoms with Crippen LogP contribution in [0.5, 0.6) is 0 Å². The third-order valence-electron chi connectivity index (χ3n) is 6.17. The number of fused-ring (bicyclic) bond motifs is 1. The first-order valence-corrected chi connectivity index (χ1v) is 11.0. The first kappa shape index (κ1) is 23.9. The minimum Gasteiger partial charge on any atom is -0.366 e. The van der Waals surface area contributed by atoms with E-state index in [-0.39, 0.29) is 5.57 Å². The SMILES string of the molecule is CC1=CC=C(C(N)=O)c2ncnc(NC(CN3CCC3)c3ccc(F)c(C(F)(F)F)c3)c2CC1. The summed E-state index contributed by atoms with van der Waals surface area (Å²) in [5, 5.41) is 3.26. The molecule has 180 valence electrons. The predicted octanol–water partition coefficient (Wildman–Crippen LogP) is 4.25. The molecular formula is C24H25F4N5O. The van der Waals surface area contributed by atoms with Gasteiger partial charge in [0.1, 0.15) is 18.0 Å². The molecule has 1 amide bonds. The highest BCUT2D eigenvalue weighted by Gasteiger charge is 2.35. The average molecular weight is 475 g/mol. The van der Waals surface area contributed by atoms with Crippen LogP contribution in [0.1, 0.15) is 48.2 Å². The van der Waals surface area contributed by atoms with Crippen molar-refractivity contribution in [2.24, 2.45) is 5.73 Å². The maximum atomic E-state index is 13.9. The van der Waals surface area contributed by atoms with Gasteiger partial charge < -0.3 is 16.0 Å². The molecule has 1 aromatic carbocycles. The summed E-state index contributed by atoms with van der Waals surface area (Å²) in [4.78, 5) is 22.8. The third-order valence-corrected chi connectivity index (χ3v) is 6.17. The molecule has 1 atom stereocenters. The summed E-state index contributed by atoms with van der Waals surface area (Å²) in [6, 6.07) is 2.45. The molecule has 1 saturated heterocycles. The summed E-state index contributed by atoms with van der Waals surface area (Å²) >= 11 is 0. The number of nitrogens with one attached hydrogen (secondary N) is 1. The average Bonchev–Trinajstić information content (AvgIpc) is 2.72. The van der Waals surface area contributed by atoms with Crippen molar-refractivity contribution in [2.45, 2.75) is 38.4 Å². The van der Waals surface area contributed by atoms with Gasteiger partial charge in [-0.1, -0.05) is 17.7 Å². The molecule has 0 radical (unpaired) electrons. The van der Waals surface area contributed by atoms with Crippen LogP contribution in [0.3, 0.4) is 0 Å². The molecule has 1 aliphatic carbocycles. The molecule has 1 aliphatic heterocycles. The van der Waals surface area contributed by atoms with E-state index in [4.69, 9.17) is 5.73 Å².